The van der Waals surface area contributed by atoms with E-state index < -0.39 is 0 Å². The van der Waals surface area contributed by atoms with Gasteiger partial charge >= 0.3 is 0 Å². The van der Waals surface area contributed by atoms with Crippen molar-refractivity contribution in [1.82, 2.24) is 9.97 Å². The van der Waals surface area contributed by atoms with E-state index in [-0.39, 0.29) is 11.9 Å². The minimum absolute atomic E-state index is 0.0423. The lowest BCUT2D eigenvalue weighted by Gasteiger charge is -2.13. The van der Waals surface area contributed by atoms with Crippen molar-refractivity contribution >= 4 is 22.6 Å². The number of carbonyl (C=O) groups is 1. The van der Waals surface area contributed by atoms with Gasteiger partial charge in [-0.1, -0.05) is 6.07 Å². The number of nitrogens with one attached hydrogen (secondary N) is 2. The first-order valence-corrected chi connectivity index (χ1v) is 7.98. The van der Waals surface area contributed by atoms with Gasteiger partial charge in [0.15, 0.2) is 0 Å². The fraction of sp³-hybridized carbons (Fsp3) is 0.222. The number of benzene rings is 1. The van der Waals surface area contributed by atoms with Gasteiger partial charge in [-0.15, -0.1) is 0 Å². The summed E-state index contributed by atoms with van der Waals surface area (Å²) in [6.07, 6.45) is 5.26. The molecule has 3 aromatic rings. The zero-order valence-electron chi connectivity index (χ0n) is 13.1. The van der Waals surface area contributed by atoms with Crippen LogP contribution in [0.15, 0.2) is 42.7 Å². The first-order valence-electron chi connectivity index (χ1n) is 7.98. The summed E-state index contributed by atoms with van der Waals surface area (Å²) < 4.78 is 5.74. The van der Waals surface area contributed by atoms with Crippen LogP contribution in [0.4, 0.5) is 5.69 Å². The van der Waals surface area contributed by atoms with E-state index in [1.54, 1.807) is 30.6 Å². The molecule has 3 heterocycles. The minimum Gasteiger partial charge on any atom is -0.493 e. The Labute approximate surface area is 139 Å². The fourth-order valence-electron chi connectivity index (χ4n) is 3.01. The van der Waals surface area contributed by atoms with E-state index in [2.05, 4.69) is 15.3 Å². The number of aromatic amines is 1. The van der Waals surface area contributed by atoms with Crippen LogP contribution in [0.3, 0.4) is 0 Å². The lowest BCUT2D eigenvalue weighted by molar-refractivity contribution is 0.102. The molecular formula is C18H18N4O2. The van der Waals surface area contributed by atoms with E-state index in [9.17, 15) is 4.79 Å². The minimum atomic E-state index is -0.187. The predicted octanol–water partition coefficient (Wildman–Crippen LogP) is 2.99. The van der Waals surface area contributed by atoms with Gasteiger partial charge in [0.05, 0.1) is 12.3 Å². The second-order valence-corrected chi connectivity index (χ2v) is 5.90. The number of H-pyrrole nitrogens is 1. The number of nitrogens with two attached hydrogens (primary N) is 1. The number of pyridine rings is 1. The lowest BCUT2D eigenvalue weighted by Crippen LogP contribution is -2.14. The van der Waals surface area contributed by atoms with Gasteiger partial charge in [-0.05, 0) is 37.1 Å². The number of hydrogen-bond donors (Lipinski definition) is 3. The molecule has 0 spiro atoms. The van der Waals surface area contributed by atoms with Crippen LogP contribution in [0.1, 0.15) is 34.8 Å². The van der Waals surface area contributed by atoms with Gasteiger partial charge in [-0.3, -0.25) is 4.79 Å². The molecule has 0 fully saturated rings. The highest BCUT2D eigenvalue weighted by Gasteiger charge is 2.18. The maximum Gasteiger partial charge on any atom is 0.255 e. The normalized spacial score (nSPS) is 17.0. The maximum atomic E-state index is 12.6. The highest BCUT2D eigenvalue weighted by Crippen LogP contribution is 2.31. The van der Waals surface area contributed by atoms with Crippen molar-refractivity contribution in [2.45, 2.75) is 18.9 Å². The van der Waals surface area contributed by atoms with Crippen LogP contribution in [0.5, 0.6) is 5.75 Å². The summed E-state index contributed by atoms with van der Waals surface area (Å²) >= 11 is 0. The molecule has 4 rings (SSSR count). The van der Waals surface area contributed by atoms with Crippen molar-refractivity contribution in [3.8, 4) is 5.75 Å². The van der Waals surface area contributed by atoms with Crippen LogP contribution in [0.2, 0.25) is 0 Å². The molecular weight excluding hydrogens is 304 g/mol. The molecule has 24 heavy (non-hydrogen) atoms. The van der Waals surface area contributed by atoms with Crippen molar-refractivity contribution in [2.75, 3.05) is 11.9 Å². The summed E-state index contributed by atoms with van der Waals surface area (Å²) in [5.74, 6) is 0.516. The number of rotatable bonds is 2. The van der Waals surface area contributed by atoms with Gasteiger partial charge in [0.1, 0.15) is 11.4 Å². The van der Waals surface area contributed by atoms with Gasteiger partial charge in [-0.2, -0.15) is 0 Å². The molecule has 1 unspecified atom stereocenters. The SMILES string of the molecule is NC1CCCOc2cc(C(=O)Nc3ccnc4[nH]ccc34)ccc21. The molecule has 4 N–H and O–H groups in total. The van der Waals surface area contributed by atoms with Crippen LogP contribution < -0.4 is 15.8 Å². The third kappa shape index (κ3) is 2.61. The van der Waals surface area contributed by atoms with Crippen LogP contribution in [0, 0.1) is 0 Å². The summed E-state index contributed by atoms with van der Waals surface area (Å²) in [5, 5.41) is 3.81. The molecule has 6 heteroatoms. The Hall–Kier alpha value is -2.86. The summed E-state index contributed by atoms with van der Waals surface area (Å²) in [7, 11) is 0. The van der Waals surface area contributed by atoms with Gasteiger partial charge < -0.3 is 20.8 Å². The molecule has 0 saturated carbocycles. The maximum absolute atomic E-state index is 12.6. The molecule has 1 aliphatic rings. The molecule has 1 amide bonds. The Balaban J connectivity index is 1.63. The summed E-state index contributed by atoms with van der Waals surface area (Å²) in [5.41, 5.74) is 9.12. The first-order chi connectivity index (χ1) is 11.7. The zero-order valence-corrected chi connectivity index (χ0v) is 13.1. The largest absolute Gasteiger partial charge is 0.493 e. The van der Waals surface area contributed by atoms with Gasteiger partial charge in [0, 0.05) is 34.9 Å². The van der Waals surface area contributed by atoms with E-state index >= 15 is 0 Å². The molecule has 6 nitrogen and oxygen atoms in total. The van der Waals surface area contributed by atoms with Crippen LogP contribution >= 0.6 is 0 Å². The molecule has 0 bridgehead atoms. The van der Waals surface area contributed by atoms with E-state index in [1.807, 2.05) is 12.1 Å². The number of fused-ring (bicyclic) bond motifs is 2. The van der Waals surface area contributed by atoms with E-state index in [0.717, 1.165) is 35.1 Å². The molecule has 1 atom stereocenters. The third-order valence-corrected chi connectivity index (χ3v) is 4.30. The number of carbonyl (C=O) groups excluding carboxylic acids is 1. The molecule has 2 aromatic heterocycles. The smallest absolute Gasteiger partial charge is 0.255 e. The van der Waals surface area contributed by atoms with Crippen molar-refractivity contribution in [2.24, 2.45) is 5.73 Å². The molecule has 0 saturated heterocycles. The third-order valence-electron chi connectivity index (χ3n) is 4.30. The quantitative estimate of drug-likeness (QED) is 0.676. The zero-order chi connectivity index (χ0) is 16.5. The van der Waals surface area contributed by atoms with Crippen LogP contribution in [-0.2, 0) is 0 Å². The monoisotopic (exact) mass is 322 g/mol. The summed E-state index contributed by atoms with van der Waals surface area (Å²) in [6.45, 7) is 0.625. The Morgan fingerprint density at radius 2 is 2.25 bits per heavy atom. The van der Waals surface area contributed by atoms with E-state index in [4.69, 9.17) is 10.5 Å². The molecule has 0 aliphatic carbocycles. The van der Waals surface area contributed by atoms with Crippen molar-refractivity contribution < 1.29 is 9.53 Å². The van der Waals surface area contributed by atoms with Gasteiger partial charge in [0.25, 0.3) is 5.91 Å². The number of hydrogen-bond acceptors (Lipinski definition) is 4. The standard InChI is InChI=1S/C18H18N4O2/c19-14-2-1-9-24-16-10-11(3-4-12(14)16)18(23)22-15-6-8-21-17-13(15)5-7-20-17/h3-8,10,14H,1-2,9,19H2,(H2,20,21,22,23). The molecule has 122 valence electrons. The number of anilines is 1. The van der Waals surface area contributed by atoms with Crippen LogP contribution in [0.25, 0.3) is 11.0 Å². The molecule has 1 aliphatic heterocycles. The number of aromatic nitrogens is 2. The van der Waals surface area contributed by atoms with Crippen molar-refractivity contribution in [1.29, 1.82) is 0 Å². The Morgan fingerprint density at radius 3 is 3.17 bits per heavy atom. The Morgan fingerprint density at radius 1 is 1.33 bits per heavy atom. The van der Waals surface area contributed by atoms with Gasteiger partial charge in [0.2, 0.25) is 0 Å². The summed E-state index contributed by atoms with van der Waals surface area (Å²) in [6, 6.07) is 9.07. The van der Waals surface area contributed by atoms with Gasteiger partial charge in [-0.25, -0.2) is 4.98 Å². The Bertz CT molecular complexity index is 903. The predicted molar refractivity (Wildman–Crippen MR) is 92.1 cm³/mol. The first kappa shape index (κ1) is 14.7. The van der Waals surface area contributed by atoms with E-state index in [1.165, 1.54) is 0 Å². The number of amides is 1. The summed E-state index contributed by atoms with van der Waals surface area (Å²) in [4.78, 5) is 19.9. The van der Waals surface area contributed by atoms with Crippen LogP contribution in [-0.4, -0.2) is 22.5 Å². The average Bonchev–Trinajstić information content (AvgIpc) is 3.00. The van der Waals surface area contributed by atoms with Crippen molar-refractivity contribution in [3.63, 3.8) is 0 Å². The Kier molecular flexibility index (Phi) is 3.66. The highest BCUT2D eigenvalue weighted by atomic mass is 16.5. The average molecular weight is 322 g/mol. The van der Waals surface area contributed by atoms with Crippen molar-refractivity contribution in [3.05, 3.63) is 53.9 Å². The molecule has 1 aromatic carbocycles. The fourth-order valence-corrected chi connectivity index (χ4v) is 3.01. The number of ether oxygens (including phenoxy) is 1. The second-order valence-electron chi connectivity index (χ2n) is 5.90. The second kappa shape index (κ2) is 5.98. The number of nitrogens with zero attached hydrogens (tertiary/aromatic N) is 1. The van der Waals surface area contributed by atoms with E-state index in [0.29, 0.717) is 17.9 Å². The highest BCUT2D eigenvalue weighted by molar-refractivity contribution is 6.08. The lowest BCUT2D eigenvalue weighted by atomic mass is 10.0. The molecule has 0 radical (unpaired) electrons. The topological polar surface area (TPSA) is 93.0 Å².